The minimum atomic E-state index is -3.89. The molecule has 0 bridgehead atoms. The third kappa shape index (κ3) is 3.97. The normalized spacial score (nSPS) is 15.8. The summed E-state index contributed by atoms with van der Waals surface area (Å²) in [5.41, 5.74) is 0.535. The molecule has 0 radical (unpaired) electrons. The maximum Gasteiger partial charge on any atom is 0.262 e. The number of nitrogens with one attached hydrogen (secondary N) is 1. The van der Waals surface area contributed by atoms with Crippen LogP contribution in [0, 0.1) is 0 Å². The van der Waals surface area contributed by atoms with Crippen LogP contribution in [0.3, 0.4) is 0 Å². The topological polar surface area (TPSA) is 82.6 Å². The van der Waals surface area contributed by atoms with E-state index in [0.29, 0.717) is 18.8 Å². The van der Waals surface area contributed by atoms with Crippen LogP contribution in [-0.2, 0) is 10.0 Å². The molecule has 0 atom stereocenters. The molecule has 0 spiro atoms. The number of benzene rings is 1. The minimum Gasteiger partial charge on any atom is -0.336 e. The monoisotopic (exact) mass is 360 g/mol. The van der Waals surface area contributed by atoms with Crippen molar-refractivity contribution in [2.75, 3.05) is 37.9 Å². The summed E-state index contributed by atoms with van der Waals surface area (Å²) in [6.07, 6.45) is 2.98. The summed E-state index contributed by atoms with van der Waals surface area (Å²) in [6.45, 7) is 2.71. The molecule has 1 N–H and O–H groups in total. The second-order valence-electron chi connectivity index (χ2n) is 5.94. The van der Waals surface area contributed by atoms with E-state index in [1.807, 2.05) is 7.05 Å². The molecule has 0 unspecified atom stereocenters. The van der Waals surface area contributed by atoms with Crippen molar-refractivity contribution in [3.05, 3.63) is 54.4 Å². The van der Waals surface area contributed by atoms with Gasteiger partial charge in [-0.3, -0.25) is 14.5 Å². The number of amides is 1. The van der Waals surface area contributed by atoms with Crippen molar-refractivity contribution < 1.29 is 13.2 Å². The van der Waals surface area contributed by atoms with Crippen LogP contribution in [0.2, 0.25) is 0 Å². The van der Waals surface area contributed by atoms with Crippen molar-refractivity contribution in [3.8, 4) is 0 Å². The van der Waals surface area contributed by atoms with E-state index < -0.39 is 10.0 Å². The Bertz CT molecular complexity index is 847. The first kappa shape index (κ1) is 17.4. The number of aromatic nitrogens is 1. The van der Waals surface area contributed by atoms with E-state index in [1.165, 1.54) is 12.3 Å². The summed E-state index contributed by atoms with van der Waals surface area (Å²) >= 11 is 0. The molecule has 1 aliphatic heterocycles. The molecule has 132 valence electrons. The number of hydrogen-bond acceptors (Lipinski definition) is 5. The Balaban J connectivity index is 1.89. The van der Waals surface area contributed by atoms with Gasteiger partial charge in [0, 0.05) is 32.4 Å². The van der Waals surface area contributed by atoms with E-state index in [2.05, 4.69) is 14.6 Å². The number of likely N-dealkylation sites (N-methyl/N-ethyl adjacent to an activating group) is 1. The van der Waals surface area contributed by atoms with Crippen molar-refractivity contribution in [2.45, 2.75) is 4.90 Å². The van der Waals surface area contributed by atoms with Crippen LogP contribution < -0.4 is 4.72 Å². The van der Waals surface area contributed by atoms with Gasteiger partial charge in [-0.2, -0.15) is 0 Å². The zero-order chi connectivity index (χ0) is 17.9. The lowest BCUT2D eigenvalue weighted by atomic mass is 10.2. The minimum absolute atomic E-state index is 0.0252. The number of anilines is 1. The third-order valence-electron chi connectivity index (χ3n) is 4.11. The van der Waals surface area contributed by atoms with Crippen LogP contribution in [0.25, 0.3) is 0 Å². The van der Waals surface area contributed by atoms with Crippen molar-refractivity contribution in [3.63, 3.8) is 0 Å². The Morgan fingerprint density at radius 1 is 1.08 bits per heavy atom. The zero-order valence-corrected chi connectivity index (χ0v) is 14.7. The highest BCUT2D eigenvalue weighted by molar-refractivity contribution is 7.92. The van der Waals surface area contributed by atoms with Crippen molar-refractivity contribution >= 4 is 21.6 Å². The van der Waals surface area contributed by atoms with E-state index in [4.69, 9.17) is 0 Å². The Hall–Kier alpha value is -2.45. The summed E-state index contributed by atoms with van der Waals surface area (Å²) in [4.78, 5) is 20.5. The van der Waals surface area contributed by atoms with E-state index in [9.17, 15) is 13.2 Å². The van der Waals surface area contributed by atoms with Gasteiger partial charge in [-0.15, -0.1) is 0 Å². The van der Waals surface area contributed by atoms with Gasteiger partial charge in [-0.05, 0) is 31.3 Å². The van der Waals surface area contributed by atoms with E-state index in [0.717, 1.165) is 13.1 Å². The second kappa shape index (κ2) is 7.20. The van der Waals surface area contributed by atoms with Crippen LogP contribution >= 0.6 is 0 Å². The Morgan fingerprint density at radius 2 is 1.80 bits per heavy atom. The molecule has 2 heterocycles. The van der Waals surface area contributed by atoms with Gasteiger partial charge in [0.15, 0.2) is 0 Å². The second-order valence-corrected chi connectivity index (χ2v) is 7.59. The molecule has 1 saturated heterocycles. The molecule has 8 heteroatoms. The lowest BCUT2D eigenvalue weighted by Crippen LogP contribution is -2.47. The zero-order valence-electron chi connectivity index (χ0n) is 13.9. The first-order valence-electron chi connectivity index (χ1n) is 7.97. The fourth-order valence-corrected chi connectivity index (χ4v) is 3.93. The molecule has 1 amide bonds. The fourth-order valence-electron chi connectivity index (χ4n) is 2.69. The standard InChI is InChI=1S/C17H20N4O3S/c1-20-9-11-21(12-10-20)17(22)15-6-2-3-7-16(15)25(23,24)19-14-5-4-8-18-13-14/h2-8,13,19H,9-12H2,1H3. The molecule has 1 aliphatic rings. The number of pyridine rings is 1. The highest BCUT2D eigenvalue weighted by Crippen LogP contribution is 2.21. The SMILES string of the molecule is CN1CCN(C(=O)c2ccccc2S(=O)(=O)Nc2cccnc2)CC1. The highest BCUT2D eigenvalue weighted by Gasteiger charge is 2.27. The smallest absolute Gasteiger partial charge is 0.262 e. The molecule has 2 aromatic rings. The predicted octanol–water partition coefficient (Wildman–Crippen LogP) is 1.27. The Labute approximate surface area is 147 Å². The summed E-state index contributed by atoms with van der Waals surface area (Å²) in [5.74, 6) is -0.264. The van der Waals surface area contributed by atoms with Crippen molar-refractivity contribution in [1.82, 2.24) is 14.8 Å². The average molecular weight is 360 g/mol. The maximum absolute atomic E-state index is 12.8. The molecular weight excluding hydrogens is 340 g/mol. The van der Waals surface area contributed by atoms with E-state index in [-0.39, 0.29) is 16.4 Å². The van der Waals surface area contributed by atoms with Gasteiger partial charge in [0.2, 0.25) is 0 Å². The largest absolute Gasteiger partial charge is 0.336 e. The van der Waals surface area contributed by atoms with Gasteiger partial charge in [0.1, 0.15) is 4.90 Å². The summed E-state index contributed by atoms with van der Waals surface area (Å²) in [6, 6.07) is 9.53. The molecule has 25 heavy (non-hydrogen) atoms. The number of sulfonamides is 1. The van der Waals surface area contributed by atoms with Crippen LogP contribution in [0.15, 0.2) is 53.7 Å². The average Bonchev–Trinajstić information content (AvgIpc) is 2.62. The van der Waals surface area contributed by atoms with E-state index in [1.54, 1.807) is 41.4 Å². The number of carbonyl (C=O) groups is 1. The third-order valence-corrected chi connectivity index (χ3v) is 5.55. The number of hydrogen-bond donors (Lipinski definition) is 1. The van der Waals surface area contributed by atoms with Crippen molar-refractivity contribution in [1.29, 1.82) is 0 Å². The highest BCUT2D eigenvalue weighted by atomic mass is 32.2. The molecule has 1 aromatic heterocycles. The van der Waals surface area contributed by atoms with Crippen LogP contribution in [0.1, 0.15) is 10.4 Å². The van der Waals surface area contributed by atoms with Gasteiger partial charge < -0.3 is 9.80 Å². The maximum atomic E-state index is 12.8. The van der Waals surface area contributed by atoms with Gasteiger partial charge >= 0.3 is 0 Å². The number of piperazine rings is 1. The Kier molecular flexibility index (Phi) is 5.00. The fraction of sp³-hybridized carbons (Fsp3) is 0.294. The molecule has 0 saturated carbocycles. The van der Waals surface area contributed by atoms with Gasteiger partial charge in [0.05, 0.1) is 17.4 Å². The summed E-state index contributed by atoms with van der Waals surface area (Å²) in [5, 5.41) is 0. The molecule has 0 aliphatic carbocycles. The van der Waals surface area contributed by atoms with Crippen molar-refractivity contribution in [2.24, 2.45) is 0 Å². The van der Waals surface area contributed by atoms with E-state index >= 15 is 0 Å². The van der Waals surface area contributed by atoms with Gasteiger partial charge in [0.25, 0.3) is 15.9 Å². The number of rotatable bonds is 4. The molecular formula is C17H20N4O3S. The molecule has 1 fully saturated rings. The molecule has 3 rings (SSSR count). The quantitative estimate of drug-likeness (QED) is 0.888. The van der Waals surface area contributed by atoms with Crippen LogP contribution in [0.5, 0.6) is 0 Å². The predicted molar refractivity (Wildman–Crippen MR) is 94.9 cm³/mol. The number of nitrogens with zero attached hydrogens (tertiary/aromatic N) is 3. The summed E-state index contributed by atoms with van der Waals surface area (Å²) in [7, 11) is -1.89. The first-order chi connectivity index (χ1) is 12.0. The first-order valence-corrected chi connectivity index (χ1v) is 9.45. The molecule has 7 nitrogen and oxygen atoms in total. The van der Waals surface area contributed by atoms with Gasteiger partial charge in [-0.25, -0.2) is 8.42 Å². The van der Waals surface area contributed by atoms with Gasteiger partial charge in [-0.1, -0.05) is 12.1 Å². The summed E-state index contributed by atoms with van der Waals surface area (Å²) < 4.78 is 28.0. The Morgan fingerprint density at radius 3 is 2.48 bits per heavy atom. The molecule has 1 aromatic carbocycles. The van der Waals surface area contributed by atoms with Crippen LogP contribution in [-0.4, -0.2) is 62.3 Å². The van der Waals surface area contributed by atoms with Crippen LogP contribution in [0.4, 0.5) is 5.69 Å². The lowest BCUT2D eigenvalue weighted by molar-refractivity contribution is 0.0660. The lowest BCUT2D eigenvalue weighted by Gasteiger charge is -2.32. The number of carbonyl (C=O) groups excluding carboxylic acids is 1.